The number of hydrogen-bond acceptors (Lipinski definition) is 3. The molecular formula is C21H23FN2O3. The first-order chi connectivity index (χ1) is 13.1. The highest BCUT2D eigenvalue weighted by molar-refractivity contribution is 5.94. The van der Waals surface area contributed by atoms with E-state index in [9.17, 15) is 14.0 Å². The minimum atomic E-state index is -0.365. The number of hydrogen-bond donors (Lipinski definition) is 0. The number of halogens is 1. The molecule has 0 N–H and O–H groups in total. The Morgan fingerprint density at radius 3 is 2.37 bits per heavy atom. The molecule has 2 aromatic rings. The number of carbonyl (C=O) groups is 2. The average molecular weight is 370 g/mol. The van der Waals surface area contributed by atoms with E-state index in [1.54, 1.807) is 16.9 Å². The van der Waals surface area contributed by atoms with E-state index in [0.717, 1.165) is 5.56 Å². The summed E-state index contributed by atoms with van der Waals surface area (Å²) in [5.41, 5.74) is 1.32. The highest BCUT2D eigenvalue weighted by Gasteiger charge is 2.23. The van der Waals surface area contributed by atoms with E-state index in [2.05, 4.69) is 0 Å². The van der Waals surface area contributed by atoms with Crippen LogP contribution in [0.15, 0.2) is 48.5 Å². The van der Waals surface area contributed by atoms with Gasteiger partial charge in [0.15, 0.2) is 0 Å². The second-order valence-corrected chi connectivity index (χ2v) is 6.52. The Bertz CT molecular complexity index is 807. The maximum Gasteiger partial charge on any atom is 0.253 e. The molecule has 1 saturated heterocycles. The number of amides is 2. The molecule has 0 saturated carbocycles. The standard InChI is InChI=1S/C21H23FN2O3/c1-27-19-6-3-2-5-17(19)15-20(25)23-11-4-12-24(14-13-23)21(26)16-7-9-18(22)10-8-16/h2-3,5-10H,4,11-15H2,1H3. The Labute approximate surface area is 158 Å². The summed E-state index contributed by atoms with van der Waals surface area (Å²) < 4.78 is 18.4. The van der Waals surface area contributed by atoms with Crippen LogP contribution in [-0.2, 0) is 11.2 Å². The van der Waals surface area contributed by atoms with Crippen molar-refractivity contribution in [1.29, 1.82) is 0 Å². The van der Waals surface area contributed by atoms with E-state index < -0.39 is 0 Å². The highest BCUT2D eigenvalue weighted by Crippen LogP contribution is 2.19. The van der Waals surface area contributed by atoms with Crippen LogP contribution < -0.4 is 4.74 Å². The van der Waals surface area contributed by atoms with E-state index in [-0.39, 0.29) is 24.1 Å². The van der Waals surface area contributed by atoms with Gasteiger partial charge < -0.3 is 14.5 Å². The Morgan fingerprint density at radius 2 is 1.63 bits per heavy atom. The molecular weight excluding hydrogens is 347 g/mol. The lowest BCUT2D eigenvalue weighted by molar-refractivity contribution is -0.130. The maximum absolute atomic E-state index is 13.1. The van der Waals surface area contributed by atoms with Gasteiger partial charge in [-0.05, 0) is 36.8 Å². The van der Waals surface area contributed by atoms with Crippen molar-refractivity contribution in [3.63, 3.8) is 0 Å². The summed E-state index contributed by atoms with van der Waals surface area (Å²) in [6.07, 6.45) is 0.987. The Morgan fingerprint density at radius 1 is 0.963 bits per heavy atom. The van der Waals surface area contributed by atoms with Crippen molar-refractivity contribution in [2.24, 2.45) is 0 Å². The predicted octanol–water partition coefficient (Wildman–Crippen LogP) is 2.75. The summed E-state index contributed by atoms with van der Waals surface area (Å²) in [7, 11) is 1.59. The molecule has 3 rings (SSSR count). The van der Waals surface area contributed by atoms with Crippen LogP contribution in [0, 0.1) is 5.82 Å². The molecule has 0 radical (unpaired) electrons. The lowest BCUT2D eigenvalue weighted by Crippen LogP contribution is -2.38. The molecule has 1 aliphatic heterocycles. The minimum Gasteiger partial charge on any atom is -0.496 e. The molecule has 0 aliphatic carbocycles. The van der Waals surface area contributed by atoms with Gasteiger partial charge in [-0.15, -0.1) is 0 Å². The Hall–Kier alpha value is -2.89. The summed E-state index contributed by atoms with van der Waals surface area (Å²) in [5, 5.41) is 0. The van der Waals surface area contributed by atoms with Crippen molar-refractivity contribution in [3.05, 3.63) is 65.5 Å². The van der Waals surface area contributed by atoms with Crippen LogP contribution in [0.4, 0.5) is 4.39 Å². The number of rotatable bonds is 4. The van der Waals surface area contributed by atoms with Crippen molar-refractivity contribution in [1.82, 2.24) is 9.80 Å². The zero-order chi connectivity index (χ0) is 19.2. The van der Waals surface area contributed by atoms with Gasteiger partial charge in [0.25, 0.3) is 5.91 Å². The first kappa shape index (κ1) is 18.9. The number of para-hydroxylation sites is 1. The van der Waals surface area contributed by atoms with E-state index >= 15 is 0 Å². The van der Waals surface area contributed by atoms with Gasteiger partial charge in [-0.3, -0.25) is 9.59 Å². The van der Waals surface area contributed by atoms with Crippen LogP contribution in [0.2, 0.25) is 0 Å². The first-order valence-corrected chi connectivity index (χ1v) is 9.03. The van der Waals surface area contributed by atoms with E-state index in [4.69, 9.17) is 4.74 Å². The molecule has 0 aromatic heterocycles. The molecule has 142 valence electrons. The molecule has 27 heavy (non-hydrogen) atoms. The van der Waals surface area contributed by atoms with Crippen LogP contribution >= 0.6 is 0 Å². The summed E-state index contributed by atoms with van der Waals surface area (Å²) in [6.45, 7) is 2.14. The lowest BCUT2D eigenvalue weighted by Gasteiger charge is -2.22. The molecule has 2 aromatic carbocycles. The zero-order valence-electron chi connectivity index (χ0n) is 15.4. The van der Waals surface area contributed by atoms with Gasteiger partial charge in [0.2, 0.25) is 5.91 Å². The lowest BCUT2D eigenvalue weighted by atomic mass is 10.1. The fraction of sp³-hybridized carbons (Fsp3) is 0.333. The van der Waals surface area contributed by atoms with Crippen molar-refractivity contribution < 1.29 is 18.7 Å². The number of benzene rings is 2. The summed E-state index contributed by atoms with van der Waals surface area (Å²) in [5.74, 6) is 0.230. The molecule has 0 spiro atoms. The van der Waals surface area contributed by atoms with Gasteiger partial charge in [0.05, 0.1) is 13.5 Å². The molecule has 0 bridgehead atoms. The Kier molecular flexibility index (Phi) is 6.06. The fourth-order valence-corrected chi connectivity index (χ4v) is 3.27. The minimum absolute atomic E-state index is 0.0237. The van der Waals surface area contributed by atoms with E-state index in [1.807, 2.05) is 24.3 Å². The molecule has 0 atom stereocenters. The number of methoxy groups -OCH3 is 1. The van der Waals surface area contributed by atoms with Crippen LogP contribution in [0.25, 0.3) is 0 Å². The van der Waals surface area contributed by atoms with Gasteiger partial charge in [0.1, 0.15) is 11.6 Å². The normalized spacial score (nSPS) is 14.6. The van der Waals surface area contributed by atoms with Gasteiger partial charge >= 0.3 is 0 Å². The molecule has 2 amide bonds. The van der Waals surface area contributed by atoms with Crippen molar-refractivity contribution >= 4 is 11.8 Å². The SMILES string of the molecule is COc1ccccc1CC(=O)N1CCCN(C(=O)c2ccc(F)cc2)CC1. The van der Waals surface area contributed by atoms with Crippen LogP contribution in [0.5, 0.6) is 5.75 Å². The molecule has 5 nitrogen and oxygen atoms in total. The maximum atomic E-state index is 13.1. The van der Waals surface area contributed by atoms with Gasteiger partial charge in [-0.25, -0.2) is 4.39 Å². The predicted molar refractivity (Wildman–Crippen MR) is 100 cm³/mol. The second kappa shape index (κ2) is 8.66. The number of nitrogens with zero attached hydrogens (tertiary/aromatic N) is 2. The second-order valence-electron chi connectivity index (χ2n) is 6.52. The number of carbonyl (C=O) groups excluding carboxylic acids is 2. The van der Waals surface area contributed by atoms with Crippen molar-refractivity contribution in [3.8, 4) is 5.75 Å². The van der Waals surface area contributed by atoms with Crippen LogP contribution in [0.1, 0.15) is 22.3 Å². The Balaban J connectivity index is 1.61. The third kappa shape index (κ3) is 4.64. The zero-order valence-corrected chi connectivity index (χ0v) is 15.4. The number of ether oxygens (including phenoxy) is 1. The molecule has 1 aliphatic rings. The third-order valence-electron chi connectivity index (χ3n) is 4.76. The van der Waals surface area contributed by atoms with E-state index in [0.29, 0.717) is 43.9 Å². The van der Waals surface area contributed by atoms with Gasteiger partial charge in [-0.1, -0.05) is 18.2 Å². The average Bonchev–Trinajstić information content (AvgIpc) is 2.95. The van der Waals surface area contributed by atoms with Gasteiger partial charge in [-0.2, -0.15) is 0 Å². The molecule has 6 heteroatoms. The van der Waals surface area contributed by atoms with Crippen LogP contribution in [-0.4, -0.2) is 54.9 Å². The van der Waals surface area contributed by atoms with E-state index in [1.165, 1.54) is 24.3 Å². The fourth-order valence-electron chi connectivity index (χ4n) is 3.27. The highest BCUT2D eigenvalue weighted by atomic mass is 19.1. The van der Waals surface area contributed by atoms with Crippen LogP contribution in [0.3, 0.4) is 0 Å². The van der Waals surface area contributed by atoms with Crippen molar-refractivity contribution in [2.45, 2.75) is 12.8 Å². The molecule has 1 heterocycles. The summed E-state index contributed by atoms with van der Waals surface area (Å²) >= 11 is 0. The quantitative estimate of drug-likeness (QED) is 0.832. The molecule has 0 unspecified atom stereocenters. The molecule has 1 fully saturated rings. The van der Waals surface area contributed by atoms with Gasteiger partial charge in [0, 0.05) is 37.3 Å². The topological polar surface area (TPSA) is 49.9 Å². The van der Waals surface area contributed by atoms with Crippen molar-refractivity contribution in [2.75, 3.05) is 33.3 Å². The summed E-state index contributed by atoms with van der Waals surface area (Å²) in [6, 6.07) is 13.0. The monoisotopic (exact) mass is 370 g/mol. The largest absolute Gasteiger partial charge is 0.496 e. The summed E-state index contributed by atoms with van der Waals surface area (Å²) in [4.78, 5) is 28.8. The smallest absolute Gasteiger partial charge is 0.253 e. The first-order valence-electron chi connectivity index (χ1n) is 9.03. The third-order valence-corrected chi connectivity index (χ3v) is 4.76.